The average molecular weight is 505 g/mol. The lowest BCUT2D eigenvalue weighted by atomic mass is 10.0. The van der Waals surface area contributed by atoms with Crippen LogP contribution in [0.4, 0.5) is 11.4 Å². The van der Waals surface area contributed by atoms with Gasteiger partial charge < -0.3 is 0 Å². The number of sulfonamides is 1. The summed E-state index contributed by atoms with van der Waals surface area (Å²) in [6, 6.07) is 35.4. The van der Waals surface area contributed by atoms with Gasteiger partial charge in [0.1, 0.15) is 6.10 Å². The molecule has 0 bridgehead atoms. The minimum absolute atomic E-state index is 0.0422. The SMILES string of the molecule is O=S(=O)(c1ccc(Cl)cc1)N(C[C@@H]1C[C@H](c2ccccc2)N(c2ccccc2)O1)c1ccccc1. The summed E-state index contributed by atoms with van der Waals surface area (Å²) in [6.07, 6.45) is 0.279. The Balaban J connectivity index is 1.49. The van der Waals surface area contributed by atoms with Crippen LogP contribution in [0.25, 0.3) is 0 Å². The molecule has 1 fully saturated rings. The van der Waals surface area contributed by atoms with Crippen LogP contribution < -0.4 is 9.37 Å². The number of hydrogen-bond acceptors (Lipinski definition) is 4. The summed E-state index contributed by atoms with van der Waals surface area (Å²) in [4.78, 5) is 6.61. The van der Waals surface area contributed by atoms with Gasteiger partial charge in [-0.05, 0) is 54.1 Å². The van der Waals surface area contributed by atoms with Crippen molar-refractivity contribution in [3.05, 3.63) is 126 Å². The maximum atomic E-state index is 13.7. The molecule has 1 aliphatic heterocycles. The van der Waals surface area contributed by atoms with Gasteiger partial charge in [0.05, 0.1) is 28.9 Å². The van der Waals surface area contributed by atoms with Gasteiger partial charge in [-0.3, -0.25) is 9.14 Å². The monoisotopic (exact) mass is 504 g/mol. The van der Waals surface area contributed by atoms with Crippen LogP contribution in [0.3, 0.4) is 0 Å². The zero-order chi connectivity index (χ0) is 24.3. The standard InChI is InChI=1S/C28H25ClN2O3S/c29-23-16-18-27(19-17-23)35(32,33)30(24-12-6-2-7-13-24)21-26-20-28(22-10-4-1-5-11-22)31(34-26)25-14-8-3-9-15-25/h1-19,26,28H,20-21H2/t26-,28+/m0/s1. The van der Waals surface area contributed by atoms with Gasteiger partial charge in [-0.1, -0.05) is 78.3 Å². The normalized spacial score (nSPS) is 17.9. The summed E-state index contributed by atoms with van der Waals surface area (Å²) >= 11 is 6.01. The number of anilines is 2. The molecule has 1 aliphatic rings. The van der Waals surface area contributed by atoms with E-state index in [1.165, 1.54) is 16.4 Å². The number of nitrogens with zero attached hydrogens (tertiary/aromatic N) is 2. The van der Waals surface area contributed by atoms with Gasteiger partial charge in [-0.2, -0.15) is 0 Å². The molecule has 7 heteroatoms. The molecule has 0 amide bonds. The van der Waals surface area contributed by atoms with E-state index in [-0.39, 0.29) is 23.6 Å². The second-order valence-electron chi connectivity index (χ2n) is 8.38. The Labute approximate surface area is 211 Å². The van der Waals surface area contributed by atoms with Crippen molar-refractivity contribution in [3.8, 4) is 0 Å². The highest BCUT2D eigenvalue weighted by atomic mass is 35.5. The van der Waals surface area contributed by atoms with Crippen LogP contribution in [-0.4, -0.2) is 21.1 Å². The van der Waals surface area contributed by atoms with Crippen molar-refractivity contribution in [3.63, 3.8) is 0 Å². The second-order valence-corrected chi connectivity index (χ2v) is 10.7. The molecule has 1 saturated heterocycles. The molecule has 0 aliphatic carbocycles. The average Bonchev–Trinajstić information content (AvgIpc) is 3.33. The lowest BCUT2D eigenvalue weighted by Gasteiger charge is -2.28. The Hall–Kier alpha value is -3.32. The molecule has 2 atom stereocenters. The number of para-hydroxylation sites is 2. The molecule has 0 saturated carbocycles. The number of hydrogen-bond donors (Lipinski definition) is 0. The number of halogens is 1. The van der Waals surface area contributed by atoms with Crippen LogP contribution in [0.15, 0.2) is 120 Å². The van der Waals surface area contributed by atoms with Gasteiger partial charge in [0, 0.05) is 11.4 Å². The van der Waals surface area contributed by atoms with E-state index in [1.807, 2.05) is 71.8 Å². The number of rotatable bonds is 7. The lowest BCUT2D eigenvalue weighted by Crippen LogP contribution is -2.38. The van der Waals surface area contributed by atoms with Crippen molar-refractivity contribution >= 4 is 33.0 Å². The van der Waals surface area contributed by atoms with Crippen LogP contribution in [-0.2, 0) is 14.9 Å². The summed E-state index contributed by atoms with van der Waals surface area (Å²) in [7, 11) is -3.85. The summed E-state index contributed by atoms with van der Waals surface area (Å²) in [5.74, 6) is 0. The number of hydroxylamine groups is 1. The van der Waals surface area contributed by atoms with Crippen LogP contribution >= 0.6 is 11.6 Å². The summed E-state index contributed by atoms with van der Waals surface area (Å²) in [5, 5.41) is 2.39. The van der Waals surface area contributed by atoms with E-state index < -0.39 is 10.0 Å². The highest BCUT2D eigenvalue weighted by molar-refractivity contribution is 7.92. The van der Waals surface area contributed by atoms with Gasteiger partial charge in [0.2, 0.25) is 0 Å². The van der Waals surface area contributed by atoms with Gasteiger partial charge in [0.25, 0.3) is 10.0 Å². The van der Waals surface area contributed by atoms with Crippen LogP contribution in [0.5, 0.6) is 0 Å². The first-order chi connectivity index (χ1) is 17.0. The first-order valence-electron chi connectivity index (χ1n) is 11.4. The van der Waals surface area contributed by atoms with E-state index in [9.17, 15) is 8.42 Å². The molecule has 0 aromatic heterocycles. The Morgan fingerprint density at radius 2 is 1.37 bits per heavy atom. The number of benzene rings is 4. The maximum Gasteiger partial charge on any atom is 0.264 e. The third-order valence-corrected chi connectivity index (χ3v) is 8.10. The van der Waals surface area contributed by atoms with E-state index in [1.54, 1.807) is 24.3 Å². The van der Waals surface area contributed by atoms with E-state index in [0.717, 1.165) is 11.3 Å². The van der Waals surface area contributed by atoms with Crippen molar-refractivity contribution in [2.45, 2.75) is 23.5 Å². The first-order valence-corrected chi connectivity index (χ1v) is 13.2. The predicted molar refractivity (Wildman–Crippen MR) is 140 cm³/mol. The molecule has 0 radical (unpaired) electrons. The van der Waals surface area contributed by atoms with E-state index in [2.05, 4.69) is 12.1 Å². The minimum atomic E-state index is -3.85. The largest absolute Gasteiger partial charge is 0.268 e. The Bertz CT molecular complexity index is 1300. The second kappa shape index (κ2) is 10.1. The molecule has 0 spiro atoms. The highest BCUT2D eigenvalue weighted by Gasteiger charge is 2.38. The predicted octanol–water partition coefficient (Wildman–Crippen LogP) is 6.49. The fourth-order valence-electron chi connectivity index (χ4n) is 4.35. The van der Waals surface area contributed by atoms with Crippen LogP contribution in [0.2, 0.25) is 5.02 Å². The molecular formula is C28H25ClN2O3S. The molecule has 5 rings (SSSR count). The minimum Gasteiger partial charge on any atom is -0.268 e. The van der Waals surface area contributed by atoms with Gasteiger partial charge in [0.15, 0.2) is 0 Å². The molecule has 0 unspecified atom stereocenters. The van der Waals surface area contributed by atoms with E-state index in [0.29, 0.717) is 17.1 Å². The zero-order valence-corrected chi connectivity index (χ0v) is 20.5. The van der Waals surface area contributed by atoms with Gasteiger partial charge in [-0.25, -0.2) is 13.5 Å². The van der Waals surface area contributed by atoms with Crippen molar-refractivity contribution in [1.29, 1.82) is 0 Å². The fourth-order valence-corrected chi connectivity index (χ4v) is 5.97. The molecule has 1 heterocycles. The topological polar surface area (TPSA) is 49.9 Å². The van der Waals surface area contributed by atoms with Crippen molar-refractivity contribution < 1.29 is 13.3 Å². The summed E-state index contributed by atoms with van der Waals surface area (Å²) < 4.78 is 28.9. The summed E-state index contributed by atoms with van der Waals surface area (Å²) in [6.45, 7) is 0.168. The molecule has 178 valence electrons. The zero-order valence-electron chi connectivity index (χ0n) is 18.9. The Morgan fingerprint density at radius 1 is 0.800 bits per heavy atom. The Kier molecular flexibility index (Phi) is 6.77. The van der Waals surface area contributed by atoms with Crippen LogP contribution in [0.1, 0.15) is 18.0 Å². The molecule has 4 aromatic rings. The Morgan fingerprint density at radius 3 is 2.00 bits per heavy atom. The first kappa shape index (κ1) is 23.4. The van der Waals surface area contributed by atoms with Crippen molar-refractivity contribution in [1.82, 2.24) is 0 Å². The summed E-state index contributed by atoms with van der Waals surface area (Å²) in [5.41, 5.74) is 2.63. The van der Waals surface area contributed by atoms with E-state index in [4.69, 9.17) is 16.4 Å². The smallest absolute Gasteiger partial charge is 0.264 e. The fraction of sp³-hybridized carbons (Fsp3) is 0.143. The van der Waals surface area contributed by atoms with Crippen LogP contribution in [0, 0.1) is 0 Å². The van der Waals surface area contributed by atoms with Gasteiger partial charge in [-0.15, -0.1) is 0 Å². The van der Waals surface area contributed by atoms with Crippen molar-refractivity contribution in [2.24, 2.45) is 0 Å². The third-order valence-electron chi connectivity index (χ3n) is 6.04. The molecule has 35 heavy (non-hydrogen) atoms. The van der Waals surface area contributed by atoms with E-state index >= 15 is 0 Å². The molecule has 4 aromatic carbocycles. The van der Waals surface area contributed by atoms with Gasteiger partial charge >= 0.3 is 0 Å². The highest BCUT2D eigenvalue weighted by Crippen LogP contribution is 2.39. The quantitative estimate of drug-likeness (QED) is 0.289. The molecule has 0 N–H and O–H groups in total. The maximum absolute atomic E-state index is 13.7. The van der Waals surface area contributed by atoms with Crippen molar-refractivity contribution in [2.75, 3.05) is 15.9 Å². The molecular weight excluding hydrogens is 480 g/mol. The lowest BCUT2D eigenvalue weighted by molar-refractivity contribution is 0.0898. The molecule has 5 nitrogen and oxygen atoms in total. The third kappa shape index (κ3) is 5.05.